The van der Waals surface area contributed by atoms with E-state index in [1.54, 1.807) is 17.6 Å². The number of nitrogens with one attached hydrogen (secondary N) is 1. The Hall–Kier alpha value is -0.940. The van der Waals surface area contributed by atoms with Crippen LogP contribution in [0.15, 0.2) is 18.2 Å². The van der Waals surface area contributed by atoms with E-state index in [0.717, 1.165) is 22.8 Å². The largest absolute Gasteiger partial charge is 0.359 e. The molecule has 5 heteroatoms. The Balaban J connectivity index is 2.05. The van der Waals surface area contributed by atoms with Crippen molar-refractivity contribution in [1.82, 2.24) is 4.98 Å². The fourth-order valence-corrected chi connectivity index (χ4v) is 3.48. The van der Waals surface area contributed by atoms with Crippen molar-refractivity contribution in [3.63, 3.8) is 0 Å². The number of aromatic nitrogens is 1. The molecule has 0 saturated heterocycles. The van der Waals surface area contributed by atoms with Crippen LogP contribution in [-0.4, -0.2) is 27.2 Å². The molecule has 98 valence electrons. The van der Waals surface area contributed by atoms with Gasteiger partial charge in [-0.2, -0.15) is 0 Å². The molecule has 0 aliphatic rings. The van der Waals surface area contributed by atoms with Crippen molar-refractivity contribution < 1.29 is 4.21 Å². The molecular weight excluding hydrogens is 264 g/mol. The third kappa shape index (κ3) is 3.53. The molecule has 0 fully saturated rings. The second-order valence-electron chi connectivity index (χ2n) is 4.60. The molecule has 3 nitrogen and oxygen atoms in total. The van der Waals surface area contributed by atoms with E-state index in [-0.39, 0.29) is 0 Å². The highest BCUT2D eigenvalue weighted by Gasteiger charge is 2.08. The van der Waals surface area contributed by atoms with Crippen molar-refractivity contribution in [3.8, 4) is 0 Å². The molecule has 1 aromatic carbocycles. The quantitative estimate of drug-likeness (QED) is 0.916. The molecular formula is C13H18N2OS2. The summed E-state index contributed by atoms with van der Waals surface area (Å²) in [5.41, 5.74) is 2.30. The summed E-state index contributed by atoms with van der Waals surface area (Å²) in [6.07, 6.45) is 2.64. The number of fused-ring (bicyclic) bond motifs is 1. The average Bonchev–Trinajstić information content (AvgIpc) is 2.67. The summed E-state index contributed by atoms with van der Waals surface area (Å²) in [6, 6.07) is 6.59. The van der Waals surface area contributed by atoms with Crippen LogP contribution in [0.2, 0.25) is 0 Å². The lowest BCUT2D eigenvalue weighted by atomic mass is 10.2. The average molecular weight is 282 g/mol. The number of benzene rings is 1. The molecule has 0 amide bonds. The van der Waals surface area contributed by atoms with Crippen LogP contribution in [0, 0.1) is 6.92 Å². The minimum Gasteiger partial charge on any atom is -0.359 e. The summed E-state index contributed by atoms with van der Waals surface area (Å²) >= 11 is 1.68. The van der Waals surface area contributed by atoms with E-state index < -0.39 is 10.8 Å². The van der Waals surface area contributed by atoms with E-state index in [0.29, 0.717) is 6.04 Å². The van der Waals surface area contributed by atoms with Crippen molar-refractivity contribution in [2.75, 3.05) is 17.3 Å². The van der Waals surface area contributed by atoms with Crippen LogP contribution in [0.4, 0.5) is 5.13 Å². The number of aryl methyl sites for hydroxylation is 1. The predicted molar refractivity (Wildman–Crippen MR) is 81.0 cm³/mol. The molecule has 0 radical (unpaired) electrons. The minimum atomic E-state index is -0.719. The molecule has 1 aromatic heterocycles. The van der Waals surface area contributed by atoms with Gasteiger partial charge in [0.05, 0.1) is 10.2 Å². The zero-order valence-corrected chi connectivity index (χ0v) is 12.5. The van der Waals surface area contributed by atoms with Gasteiger partial charge in [-0.1, -0.05) is 17.4 Å². The Morgan fingerprint density at radius 1 is 1.50 bits per heavy atom. The highest BCUT2D eigenvalue weighted by Crippen LogP contribution is 2.27. The highest BCUT2D eigenvalue weighted by molar-refractivity contribution is 7.84. The van der Waals surface area contributed by atoms with Crippen LogP contribution >= 0.6 is 11.3 Å². The van der Waals surface area contributed by atoms with Crippen LogP contribution in [0.3, 0.4) is 0 Å². The van der Waals surface area contributed by atoms with Gasteiger partial charge in [0, 0.05) is 28.9 Å². The normalized spacial score (nSPS) is 14.6. The van der Waals surface area contributed by atoms with Crippen molar-refractivity contribution in [3.05, 3.63) is 23.8 Å². The van der Waals surface area contributed by atoms with Gasteiger partial charge in [0.25, 0.3) is 0 Å². The number of hydrogen-bond donors (Lipinski definition) is 1. The van der Waals surface area contributed by atoms with E-state index in [1.165, 1.54) is 10.3 Å². The fourth-order valence-electron chi connectivity index (χ4n) is 1.72. The van der Waals surface area contributed by atoms with Gasteiger partial charge in [-0.3, -0.25) is 4.21 Å². The first kappa shape index (κ1) is 13.5. The molecule has 2 unspecified atom stereocenters. The van der Waals surface area contributed by atoms with Crippen LogP contribution < -0.4 is 5.32 Å². The van der Waals surface area contributed by atoms with Crippen LogP contribution in [0.25, 0.3) is 10.2 Å². The molecule has 0 aliphatic carbocycles. The van der Waals surface area contributed by atoms with Crippen molar-refractivity contribution in [2.45, 2.75) is 26.3 Å². The Morgan fingerprint density at radius 2 is 2.28 bits per heavy atom. The number of anilines is 1. The molecule has 0 saturated carbocycles. The summed E-state index contributed by atoms with van der Waals surface area (Å²) in [6.45, 7) is 4.19. The van der Waals surface area contributed by atoms with Gasteiger partial charge >= 0.3 is 0 Å². The van der Waals surface area contributed by atoms with Crippen LogP contribution in [-0.2, 0) is 10.8 Å². The van der Waals surface area contributed by atoms with Gasteiger partial charge in [-0.25, -0.2) is 4.98 Å². The second-order valence-corrected chi connectivity index (χ2v) is 7.19. The van der Waals surface area contributed by atoms with E-state index in [9.17, 15) is 4.21 Å². The number of nitrogens with zero attached hydrogens (tertiary/aromatic N) is 1. The second kappa shape index (κ2) is 5.80. The number of hydrogen-bond acceptors (Lipinski definition) is 4. The smallest absolute Gasteiger partial charge is 0.183 e. The Bertz CT molecular complexity index is 565. The fraction of sp³-hybridized carbons (Fsp3) is 0.462. The molecule has 1 N–H and O–H groups in total. The zero-order valence-electron chi connectivity index (χ0n) is 10.9. The first-order valence-corrected chi connectivity index (χ1v) is 8.53. The van der Waals surface area contributed by atoms with Gasteiger partial charge in [0.15, 0.2) is 5.13 Å². The van der Waals surface area contributed by atoms with Crippen molar-refractivity contribution >= 4 is 37.5 Å². The third-order valence-corrected chi connectivity index (χ3v) is 4.51. The van der Waals surface area contributed by atoms with Gasteiger partial charge in [-0.05, 0) is 38.0 Å². The third-order valence-electron chi connectivity index (χ3n) is 2.75. The summed E-state index contributed by atoms with van der Waals surface area (Å²) in [7, 11) is -0.719. The minimum absolute atomic E-state index is 0.301. The molecule has 0 spiro atoms. The zero-order chi connectivity index (χ0) is 13.1. The number of thiazole rings is 1. The Morgan fingerprint density at radius 3 is 3.00 bits per heavy atom. The topological polar surface area (TPSA) is 42.0 Å². The van der Waals surface area contributed by atoms with Crippen molar-refractivity contribution in [1.29, 1.82) is 0 Å². The maximum Gasteiger partial charge on any atom is 0.183 e. The molecule has 18 heavy (non-hydrogen) atoms. The molecule has 2 rings (SSSR count). The number of rotatable bonds is 5. The summed E-state index contributed by atoms with van der Waals surface area (Å²) in [5, 5.41) is 4.33. The Labute approximate surface area is 114 Å². The van der Waals surface area contributed by atoms with E-state index in [2.05, 4.69) is 42.3 Å². The molecule has 2 aromatic rings. The summed E-state index contributed by atoms with van der Waals surface area (Å²) in [4.78, 5) is 4.55. The molecule has 2 atom stereocenters. The predicted octanol–water partition coefficient (Wildman–Crippen LogP) is 3.17. The SMILES string of the molecule is Cc1ccc2nc(NC(C)CCS(C)=O)sc2c1. The lowest BCUT2D eigenvalue weighted by Crippen LogP contribution is -2.17. The van der Waals surface area contributed by atoms with E-state index in [1.807, 2.05) is 0 Å². The lowest BCUT2D eigenvalue weighted by Gasteiger charge is -2.11. The van der Waals surface area contributed by atoms with E-state index in [4.69, 9.17) is 0 Å². The van der Waals surface area contributed by atoms with E-state index >= 15 is 0 Å². The monoisotopic (exact) mass is 282 g/mol. The van der Waals surface area contributed by atoms with Crippen LogP contribution in [0.5, 0.6) is 0 Å². The Kier molecular flexibility index (Phi) is 4.35. The summed E-state index contributed by atoms with van der Waals surface area (Å²) < 4.78 is 12.3. The highest BCUT2D eigenvalue weighted by atomic mass is 32.2. The lowest BCUT2D eigenvalue weighted by molar-refractivity contribution is 0.678. The molecule has 0 bridgehead atoms. The first-order valence-electron chi connectivity index (χ1n) is 5.98. The summed E-state index contributed by atoms with van der Waals surface area (Å²) in [5.74, 6) is 0.734. The van der Waals surface area contributed by atoms with Gasteiger partial charge in [-0.15, -0.1) is 0 Å². The maximum absolute atomic E-state index is 11.0. The van der Waals surface area contributed by atoms with Gasteiger partial charge < -0.3 is 5.32 Å². The molecule has 0 aliphatic heterocycles. The van der Waals surface area contributed by atoms with Crippen molar-refractivity contribution in [2.24, 2.45) is 0 Å². The van der Waals surface area contributed by atoms with Crippen LogP contribution in [0.1, 0.15) is 18.9 Å². The van der Waals surface area contributed by atoms with Gasteiger partial charge in [0.2, 0.25) is 0 Å². The molecule has 1 heterocycles. The first-order chi connectivity index (χ1) is 8.54. The standard InChI is InChI=1S/C13H18N2OS2/c1-9-4-5-11-12(8-9)17-13(15-11)14-10(2)6-7-18(3)16/h4-5,8,10H,6-7H2,1-3H3,(H,14,15). The van der Waals surface area contributed by atoms with Gasteiger partial charge in [0.1, 0.15) is 0 Å². The maximum atomic E-state index is 11.0.